The lowest BCUT2D eigenvalue weighted by Gasteiger charge is -2.20. The van der Waals surface area contributed by atoms with Crippen molar-refractivity contribution in [2.24, 2.45) is 5.92 Å². The molecule has 1 aromatic carbocycles. The molecular formula is C15H19NO5. The average Bonchev–Trinajstić information content (AvgIpc) is 2.50. The molecule has 6 nitrogen and oxygen atoms in total. The fraction of sp³-hybridized carbons (Fsp3) is 0.400. The third kappa shape index (κ3) is 5.64. The Morgan fingerprint density at radius 3 is 2.52 bits per heavy atom. The highest BCUT2D eigenvalue weighted by molar-refractivity contribution is 5.89. The van der Waals surface area contributed by atoms with Gasteiger partial charge in [0.1, 0.15) is 0 Å². The molecule has 114 valence electrons. The number of amides is 1. The van der Waals surface area contributed by atoms with Crippen LogP contribution in [0.1, 0.15) is 36.5 Å². The van der Waals surface area contributed by atoms with Gasteiger partial charge in [-0.05, 0) is 18.6 Å². The summed E-state index contributed by atoms with van der Waals surface area (Å²) in [6.45, 7) is 1.79. The quantitative estimate of drug-likeness (QED) is 0.557. The van der Waals surface area contributed by atoms with Crippen molar-refractivity contribution in [1.29, 1.82) is 0 Å². The summed E-state index contributed by atoms with van der Waals surface area (Å²) in [5.74, 6) is -2.45. The molecule has 0 bridgehead atoms. The molecule has 6 heteroatoms. The molecule has 0 spiro atoms. The predicted molar refractivity (Wildman–Crippen MR) is 75.3 cm³/mol. The number of carboxylic acid groups (broad SMARTS) is 1. The Labute approximate surface area is 123 Å². The zero-order valence-electron chi connectivity index (χ0n) is 11.9. The molecule has 1 N–H and O–H groups in total. The van der Waals surface area contributed by atoms with Crippen LogP contribution in [0.3, 0.4) is 0 Å². The van der Waals surface area contributed by atoms with Crippen LogP contribution in [0.4, 0.5) is 0 Å². The van der Waals surface area contributed by atoms with Gasteiger partial charge in [-0.3, -0.25) is 9.59 Å². The van der Waals surface area contributed by atoms with Gasteiger partial charge in [0.25, 0.3) is 0 Å². The monoisotopic (exact) mass is 293 g/mol. The molecule has 0 aromatic heterocycles. The van der Waals surface area contributed by atoms with Crippen molar-refractivity contribution in [3.05, 3.63) is 35.9 Å². The smallest absolute Gasteiger partial charge is 0.363 e. The largest absolute Gasteiger partial charge is 0.481 e. The molecular weight excluding hydrogens is 274 g/mol. The SMILES string of the molecule is CCCCC(CN(C=O)OC(=O)c1ccccc1)C(=O)O. The minimum atomic E-state index is -1.01. The Balaban J connectivity index is 2.63. The van der Waals surface area contributed by atoms with Gasteiger partial charge >= 0.3 is 11.9 Å². The van der Waals surface area contributed by atoms with Gasteiger partial charge < -0.3 is 9.94 Å². The lowest BCUT2D eigenvalue weighted by atomic mass is 10.0. The Hall–Kier alpha value is -2.37. The number of nitrogens with zero attached hydrogens (tertiary/aromatic N) is 1. The molecule has 0 saturated heterocycles. The van der Waals surface area contributed by atoms with Crippen LogP contribution in [0.15, 0.2) is 30.3 Å². The summed E-state index contributed by atoms with van der Waals surface area (Å²) in [6.07, 6.45) is 2.34. The highest BCUT2D eigenvalue weighted by atomic mass is 16.7. The van der Waals surface area contributed by atoms with Crippen LogP contribution in [0.2, 0.25) is 0 Å². The number of benzene rings is 1. The Morgan fingerprint density at radius 2 is 2.00 bits per heavy atom. The van der Waals surface area contributed by atoms with E-state index in [4.69, 9.17) is 9.94 Å². The van der Waals surface area contributed by atoms with Crippen molar-refractivity contribution in [2.45, 2.75) is 26.2 Å². The van der Waals surface area contributed by atoms with Crippen LogP contribution >= 0.6 is 0 Å². The summed E-state index contributed by atoms with van der Waals surface area (Å²) >= 11 is 0. The standard InChI is InChI=1S/C15H19NO5/c1-2-3-7-13(14(18)19)10-16(11-17)21-15(20)12-8-5-4-6-9-12/h4-6,8-9,11,13H,2-3,7,10H2,1H3,(H,18,19). The average molecular weight is 293 g/mol. The molecule has 1 amide bonds. The Morgan fingerprint density at radius 1 is 1.33 bits per heavy atom. The maximum atomic E-state index is 11.8. The number of hydroxylamine groups is 2. The third-order valence-electron chi connectivity index (χ3n) is 2.98. The van der Waals surface area contributed by atoms with E-state index in [0.717, 1.165) is 17.9 Å². The molecule has 0 radical (unpaired) electrons. The summed E-state index contributed by atoms with van der Waals surface area (Å²) < 4.78 is 0. The van der Waals surface area contributed by atoms with Gasteiger partial charge in [0.05, 0.1) is 18.0 Å². The topological polar surface area (TPSA) is 83.9 Å². The lowest BCUT2D eigenvalue weighted by Crippen LogP contribution is -2.34. The highest BCUT2D eigenvalue weighted by Crippen LogP contribution is 2.12. The zero-order valence-corrected chi connectivity index (χ0v) is 11.9. The Bertz CT molecular complexity index is 474. The van der Waals surface area contributed by atoms with Crippen LogP contribution in [0, 0.1) is 5.92 Å². The molecule has 1 rings (SSSR count). The molecule has 0 saturated carbocycles. The first-order chi connectivity index (χ1) is 10.1. The molecule has 0 aliphatic rings. The van der Waals surface area contributed by atoms with E-state index < -0.39 is 17.9 Å². The van der Waals surface area contributed by atoms with Crippen LogP contribution < -0.4 is 0 Å². The molecule has 0 aliphatic carbocycles. The maximum absolute atomic E-state index is 11.8. The zero-order chi connectivity index (χ0) is 15.7. The fourth-order valence-electron chi connectivity index (χ4n) is 1.80. The van der Waals surface area contributed by atoms with E-state index >= 15 is 0 Å². The van der Waals surface area contributed by atoms with Crippen LogP contribution in [-0.2, 0) is 14.4 Å². The van der Waals surface area contributed by atoms with E-state index in [9.17, 15) is 14.4 Å². The van der Waals surface area contributed by atoms with Crippen LogP contribution in [0.25, 0.3) is 0 Å². The van der Waals surface area contributed by atoms with Crippen molar-refractivity contribution >= 4 is 18.3 Å². The molecule has 21 heavy (non-hydrogen) atoms. The van der Waals surface area contributed by atoms with E-state index in [2.05, 4.69) is 0 Å². The van der Waals surface area contributed by atoms with Crippen molar-refractivity contribution in [3.8, 4) is 0 Å². The highest BCUT2D eigenvalue weighted by Gasteiger charge is 2.22. The molecule has 1 aromatic rings. The van der Waals surface area contributed by atoms with E-state index in [1.165, 1.54) is 0 Å². The van der Waals surface area contributed by atoms with Gasteiger partial charge in [-0.15, -0.1) is 0 Å². The summed E-state index contributed by atoms with van der Waals surface area (Å²) in [5, 5.41) is 9.85. The van der Waals surface area contributed by atoms with Crippen molar-refractivity contribution < 1.29 is 24.3 Å². The van der Waals surface area contributed by atoms with Gasteiger partial charge in [0, 0.05) is 0 Å². The predicted octanol–water partition coefficient (Wildman–Crippen LogP) is 2.11. The van der Waals surface area contributed by atoms with Gasteiger partial charge in [0.15, 0.2) is 0 Å². The van der Waals surface area contributed by atoms with Crippen LogP contribution in [0.5, 0.6) is 0 Å². The van der Waals surface area contributed by atoms with Gasteiger partial charge in [-0.2, -0.15) is 5.06 Å². The van der Waals surface area contributed by atoms with Gasteiger partial charge in [-0.1, -0.05) is 38.0 Å². The minimum absolute atomic E-state index is 0.155. The number of aliphatic carboxylic acids is 1. The first-order valence-corrected chi connectivity index (χ1v) is 6.80. The van der Waals surface area contributed by atoms with Crippen LogP contribution in [-0.4, -0.2) is 35.1 Å². The Kier molecular flexibility index (Phi) is 6.94. The summed E-state index contributed by atoms with van der Waals surface area (Å²) in [5.41, 5.74) is 0.296. The minimum Gasteiger partial charge on any atom is -0.481 e. The van der Waals surface area contributed by atoms with E-state index in [1.54, 1.807) is 30.3 Å². The van der Waals surface area contributed by atoms with E-state index in [0.29, 0.717) is 18.4 Å². The fourth-order valence-corrected chi connectivity index (χ4v) is 1.80. The van der Waals surface area contributed by atoms with Gasteiger partial charge in [-0.25, -0.2) is 4.79 Å². The molecule has 0 heterocycles. The number of unbranched alkanes of at least 4 members (excludes halogenated alkanes) is 1. The molecule has 0 fully saturated rings. The summed E-state index contributed by atoms with van der Waals surface area (Å²) in [4.78, 5) is 38.8. The second-order valence-electron chi connectivity index (χ2n) is 4.63. The summed E-state index contributed by atoms with van der Waals surface area (Å²) in [6, 6.07) is 8.19. The van der Waals surface area contributed by atoms with Crippen molar-refractivity contribution in [1.82, 2.24) is 5.06 Å². The first kappa shape index (κ1) is 16.7. The molecule has 1 atom stereocenters. The second kappa shape index (κ2) is 8.73. The number of carbonyl (C=O) groups is 3. The number of carbonyl (C=O) groups excluding carboxylic acids is 2. The normalized spacial score (nSPS) is 11.5. The second-order valence-corrected chi connectivity index (χ2v) is 4.63. The van der Waals surface area contributed by atoms with Gasteiger partial charge in [0.2, 0.25) is 6.41 Å². The van der Waals surface area contributed by atoms with Crippen molar-refractivity contribution in [3.63, 3.8) is 0 Å². The number of rotatable bonds is 9. The molecule has 0 aliphatic heterocycles. The first-order valence-electron chi connectivity index (χ1n) is 6.80. The lowest BCUT2D eigenvalue weighted by molar-refractivity contribution is -0.161. The third-order valence-corrected chi connectivity index (χ3v) is 2.98. The van der Waals surface area contributed by atoms with E-state index in [-0.39, 0.29) is 6.54 Å². The number of carboxylic acids is 1. The number of hydrogen-bond donors (Lipinski definition) is 1. The molecule has 1 unspecified atom stereocenters. The maximum Gasteiger partial charge on any atom is 0.363 e. The number of hydrogen-bond acceptors (Lipinski definition) is 4. The van der Waals surface area contributed by atoms with E-state index in [1.807, 2.05) is 6.92 Å². The van der Waals surface area contributed by atoms with Crippen molar-refractivity contribution in [2.75, 3.05) is 6.54 Å². The summed E-state index contributed by atoms with van der Waals surface area (Å²) in [7, 11) is 0.